The number of aryl methyl sites for hydroxylation is 1. The number of carbonyl (C=O) groups is 2. The normalized spacial score (nSPS) is 10.8. The number of ether oxygens (including phenoxy) is 1. The SMILES string of the molecule is COC(=O)c1cc(-c2csc(NC(=O)CCc3ncc(-c4ccccc4Cl)o3)n2)c[nH]1. The maximum Gasteiger partial charge on any atom is 0.354 e. The van der Waals surface area contributed by atoms with Gasteiger partial charge in [-0.15, -0.1) is 11.3 Å². The number of halogens is 1. The van der Waals surface area contributed by atoms with Crippen LogP contribution in [0.5, 0.6) is 0 Å². The van der Waals surface area contributed by atoms with Gasteiger partial charge in [0.2, 0.25) is 5.91 Å². The van der Waals surface area contributed by atoms with Crippen LogP contribution in [0.2, 0.25) is 5.02 Å². The van der Waals surface area contributed by atoms with E-state index in [-0.39, 0.29) is 12.3 Å². The Hall–Kier alpha value is -3.43. The van der Waals surface area contributed by atoms with Gasteiger partial charge >= 0.3 is 5.97 Å². The summed E-state index contributed by atoms with van der Waals surface area (Å²) in [5.74, 6) is 0.345. The fourth-order valence-corrected chi connectivity index (χ4v) is 3.81. The number of oxazole rings is 1. The fourth-order valence-electron chi connectivity index (χ4n) is 2.85. The molecule has 0 unspecified atom stereocenters. The highest BCUT2D eigenvalue weighted by Crippen LogP contribution is 2.28. The number of H-pyrrole nitrogens is 1. The number of nitrogens with one attached hydrogen (secondary N) is 2. The monoisotopic (exact) mass is 456 g/mol. The minimum absolute atomic E-state index is 0.189. The molecule has 8 nitrogen and oxygen atoms in total. The molecule has 3 aromatic heterocycles. The van der Waals surface area contributed by atoms with E-state index in [1.165, 1.54) is 18.4 Å². The number of hydrogen-bond donors (Lipinski definition) is 2. The number of thiazole rings is 1. The van der Waals surface area contributed by atoms with E-state index in [1.54, 1.807) is 29.9 Å². The van der Waals surface area contributed by atoms with Crippen molar-refractivity contribution < 1.29 is 18.7 Å². The molecule has 0 bridgehead atoms. The average Bonchev–Trinajstić information content (AvgIpc) is 3.52. The van der Waals surface area contributed by atoms with Gasteiger partial charge in [0.1, 0.15) is 5.69 Å². The first-order valence-corrected chi connectivity index (χ1v) is 10.5. The van der Waals surface area contributed by atoms with Crippen molar-refractivity contribution in [1.82, 2.24) is 15.0 Å². The van der Waals surface area contributed by atoms with Crippen LogP contribution in [0.4, 0.5) is 5.13 Å². The maximum absolute atomic E-state index is 12.3. The molecule has 10 heteroatoms. The van der Waals surface area contributed by atoms with Gasteiger partial charge in [0, 0.05) is 35.5 Å². The van der Waals surface area contributed by atoms with E-state index >= 15 is 0 Å². The zero-order valence-corrected chi connectivity index (χ0v) is 17.9. The van der Waals surface area contributed by atoms with E-state index in [0.717, 1.165) is 11.1 Å². The summed E-state index contributed by atoms with van der Waals surface area (Å²) in [7, 11) is 1.31. The first kappa shape index (κ1) is 20.8. The third-order valence-electron chi connectivity index (χ3n) is 4.39. The Balaban J connectivity index is 1.33. The number of methoxy groups -OCH3 is 1. The quantitative estimate of drug-likeness (QED) is 0.386. The van der Waals surface area contributed by atoms with Gasteiger partial charge in [0.05, 0.1) is 24.0 Å². The number of nitrogens with zero attached hydrogens (tertiary/aromatic N) is 2. The van der Waals surface area contributed by atoms with Gasteiger partial charge in [-0.1, -0.05) is 23.7 Å². The molecule has 0 aliphatic rings. The van der Waals surface area contributed by atoms with Gasteiger partial charge in [-0.3, -0.25) is 4.79 Å². The zero-order chi connectivity index (χ0) is 21.8. The lowest BCUT2D eigenvalue weighted by atomic mass is 10.2. The Kier molecular flexibility index (Phi) is 6.15. The predicted molar refractivity (Wildman–Crippen MR) is 117 cm³/mol. The number of amides is 1. The standard InChI is InChI=1S/C21H17ClN4O4S/c1-29-20(28)15-8-12(9-23-15)16-11-31-21(25-16)26-18(27)6-7-19-24-10-17(30-19)13-4-2-3-5-14(13)22/h2-5,8-11,23H,6-7H2,1H3,(H,25,26,27). The molecule has 1 aromatic carbocycles. The molecule has 0 radical (unpaired) electrons. The number of anilines is 1. The maximum atomic E-state index is 12.3. The van der Waals surface area contributed by atoms with Crippen molar-refractivity contribution in [2.24, 2.45) is 0 Å². The number of benzene rings is 1. The summed E-state index contributed by atoms with van der Waals surface area (Å²) in [6.45, 7) is 0. The van der Waals surface area contributed by atoms with Crippen LogP contribution in [0, 0.1) is 0 Å². The van der Waals surface area contributed by atoms with Crippen LogP contribution in [-0.4, -0.2) is 33.9 Å². The van der Waals surface area contributed by atoms with E-state index in [1.807, 2.05) is 18.2 Å². The molecule has 0 atom stereocenters. The van der Waals surface area contributed by atoms with Gasteiger partial charge in [0.25, 0.3) is 0 Å². The third-order valence-corrected chi connectivity index (χ3v) is 5.48. The lowest BCUT2D eigenvalue weighted by molar-refractivity contribution is -0.116. The third kappa shape index (κ3) is 4.84. The highest BCUT2D eigenvalue weighted by atomic mass is 35.5. The second kappa shape index (κ2) is 9.15. The van der Waals surface area contributed by atoms with E-state index in [2.05, 4.69) is 25.0 Å². The summed E-state index contributed by atoms with van der Waals surface area (Å²) in [5.41, 5.74) is 2.45. The molecule has 0 saturated carbocycles. The highest BCUT2D eigenvalue weighted by Gasteiger charge is 2.14. The number of carbonyl (C=O) groups excluding carboxylic acids is 2. The zero-order valence-electron chi connectivity index (χ0n) is 16.3. The molecule has 158 valence electrons. The molecule has 0 saturated heterocycles. The summed E-state index contributed by atoms with van der Waals surface area (Å²) >= 11 is 7.47. The summed E-state index contributed by atoms with van der Waals surface area (Å²) in [6.07, 6.45) is 3.79. The second-order valence-corrected chi connectivity index (χ2v) is 7.74. The van der Waals surface area contributed by atoms with Crippen LogP contribution in [0.3, 0.4) is 0 Å². The summed E-state index contributed by atoms with van der Waals surface area (Å²) in [5, 5.41) is 5.60. The van der Waals surface area contributed by atoms with Gasteiger partial charge < -0.3 is 19.5 Å². The van der Waals surface area contributed by atoms with Crippen LogP contribution in [0.15, 0.2) is 52.5 Å². The lowest BCUT2D eigenvalue weighted by Gasteiger charge is -2.00. The Bertz CT molecular complexity index is 1230. The van der Waals surface area contributed by atoms with Gasteiger partial charge in [-0.25, -0.2) is 14.8 Å². The molecule has 4 rings (SSSR count). The van der Waals surface area contributed by atoms with E-state index < -0.39 is 5.97 Å². The highest BCUT2D eigenvalue weighted by molar-refractivity contribution is 7.14. The predicted octanol–water partition coefficient (Wildman–Crippen LogP) is 4.80. The van der Waals surface area contributed by atoms with Crippen LogP contribution in [0.1, 0.15) is 22.8 Å². The number of esters is 1. The van der Waals surface area contributed by atoms with Crippen molar-refractivity contribution in [2.45, 2.75) is 12.8 Å². The molecule has 3 heterocycles. The average molecular weight is 457 g/mol. The Labute approximate surface area is 186 Å². The molecule has 1 amide bonds. The Morgan fingerprint density at radius 3 is 2.97 bits per heavy atom. The van der Waals surface area contributed by atoms with E-state index in [0.29, 0.717) is 39.6 Å². The van der Waals surface area contributed by atoms with Crippen LogP contribution in [0.25, 0.3) is 22.6 Å². The van der Waals surface area contributed by atoms with Gasteiger partial charge in [-0.05, 0) is 18.2 Å². The molecule has 0 fully saturated rings. The number of aromatic nitrogens is 3. The molecular formula is C21H17ClN4O4S. The van der Waals surface area contributed by atoms with Crippen LogP contribution in [-0.2, 0) is 16.0 Å². The van der Waals surface area contributed by atoms with E-state index in [9.17, 15) is 9.59 Å². The molecule has 0 aliphatic heterocycles. The fraction of sp³-hybridized carbons (Fsp3) is 0.143. The minimum atomic E-state index is -0.459. The summed E-state index contributed by atoms with van der Waals surface area (Å²) < 4.78 is 10.4. The number of hydrogen-bond acceptors (Lipinski definition) is 7. The Morgan fingerprint density at radius 1 is 1.32 bits per heavy atom. The molecular weight excluding hydrogens is 440 g/mol. The van der Waals surface area contributed by atoms with Crippen molar-refractivity contribution in [3.8, 4) is 22.6 Å². The topological polar surface area (TPSA) is 110 Å². The first-order valence-electron chi connectivity index (χ1n) is 9.25. The van der Waals surface area contributed by atoms with E-state index in [4.69, 9.17) is 16.0 Å². The second-order valence-electron chi connectivity index (χ2n) is 6.48. The molecule has 0 spiro atoms. The molecule has 0 aliphatic carbocycles. The van der Waals surface area contributed by atoms with Gasteiger partial charge in [-0.2, -0.15) is 0 Å². The Morgan fingerprint density at radius 2 is 2.16 bits per heavy atom. The largest absolute Gasteiger partial charge is 0.464 e. The van der Waals surface area contributed by atoms with Crippen LogP contribution < -0.4 is 5.32 Å². The molecule has 2 N–H and O–H groups in total. The van der Waals surface area contributed by atoms with Gasteiger partial charge in [0.15, 0.2) is 16.8 Å². The van der Waals surface area contributed by atoms with Crippen molar-refractivity contribution in [1.29, 1.82) is 0 Å². The summed E-state index contributed by atoms with van der Waals surface area (Å²) in [6, 6.07) is 8.97. The van der Waals surface area contributed by atoms with Crippen molar-refractivity contribution in [2.75, 3.05) is 12.4 Å². The van der Waals surface area contributed by atoms with Crippen molar-refractivity contribution in [3.63, 3.8) is 0 Å². The molecule has 4 aromatic rings. The smallest absolute Gasteiger partial charge is 0.354 e. The van der Waals surface area contributed by atoms with Crippen molar-refractivity contribution in [3.05, 3.63) is 64.7 Å². The minimum Gasteiger partial charge on any atom is -0.464 e. The first-order chi connectivity index (χ1) is 15.0. The van der Waals surface area contributed by atoms with Crippen LogP contribution >= 0.6 is 22.9 Å². The lowest BCUT2D eigenvalue weighted by Crippen LogP contribution is -2.12. The number of rotatable bonds is 7. The molecule has 31 heavy (non-hydrogen) atoms. The summed E-state index contributed by atoms with van der Waals surface area (Å²) in [4.78, 5) is 35.3. The number of aromatic amines is 1. The van der Waals surface area contributed by atoms with Crippen molar-refractivity contribution >= 4 is 39.9 Å².